The summed E-state index contributed by atoms with van der Waals surface area (Å²) in [5, 5.41) is 37.8. The van der Waals surface area contributed by atoms with Gasteiger partial charge < -0.3 is 96.8 Å². The van der Waals surface area contributed by atoms with Crippen molar-refractivity contribution in [2.45, 2.75) is 166 Å². The first-order chi connectivity index (χ1) is 43.8. The molecule has 30 nitrogen and oxygen atoms in total. The molecule has 22 N–H and O–H groups in total. The number of nitrogens with zero attached hydrogens (tertiary/aromatic N) is 2. The largest absolute Gasteiger partial charge is 0.480 e. The number of aromatic nitrogens is 1. The number of carboxylic acids is 1. The summed E-state index contributed by atoms with van der Waals surface area (Å²) >= 11 is 0. The van der Waals surface area contributed by atoms with Gasteiger partial charge in [0.15, 0.2) is 5.96 Å². The number of fused-ring (bicyclic) bond motifs is 1. The third-order valence-electron chi connectivity index (χ3n) is 15.4. The summed E-state index contributed by atoms with van der Waals surface area (Å²) in [5.74, 6) is -8.66. The van der Waals surface area contributed by atoms with Crippen LogP contribution in [0.4, 0.5) is 0 Å². The van der Waals surface area contributed by atoms with E-state index < -0.39 is 145 Å². The molecule has 3 aromatic rings. The van der Waals surface area contributed by atoms with Crippen molar-refractivity contribution < 1.29 is 57.8 Å². The number of aliphatic imine (C=N–C) groups is 1. The molecule has 10 amide bonds. The lowest BCUT2D eigenvalue weighted by Crippen LogP contribution is -2.58. The normalized spacial score (nSPS) is 15.5. The number of amides is 10. The molecule has 0 saturated carbocycles. The molecule has 2 heterocycles. The van der Waals surface area contributed by atoms with E-state index in [9.17, 15) is 57.8 Å². The van der Waals surface area contributed by atoms with Crippen molar-refractivity contribution >= 4 is 81.9 Å². The molecule has 4 rings (SSSR count). The van der Waals surface area contributed by atoms with Crippen molar-refractivity contribution in [3.05, 3.63) is 71.9 Å². The maximum absolute atomic E-state index is 15.0. The molecular formula is C62H98N18O12. The highest BCUT2D eigenvalue weighted by Crippen LogP contribution is 2.24. The Morgan fingerprint density at radius 2 is 1.28 bits per heavy atom. The molecule has 2 aromatic carbocycles. The number of carbonyl (C=O) groups is 11. The Bertz CT molecular complexity index is 2960. The number of nitrogens with one attached hydrogen (secondary N) is 11. The van der Waals surface area contributed by atoms with Gasteiger partial charge in [-0.15, -0.1) is 0 Å². The van der Waals surface area contributed by atoms with Crippen LogP contribution in [0.15, 0.2) is 65.8 Å². The Kier molecular flexibility index (Phi) is 32.5. The van der Waals surface area contributed by atoms with Crippen LogP contribution in [0.3, 0.4) is 0 Å². The Morgan fingerprint density at radius 1 is 0.652 bits per heavy atom. The number of aromatic amines is 1. The van der Waals surface area contributed by atoms with E-state index in [-0.39, 0.29) is 63.6 Å². The van der Waals surface area contributed by atoms with E-state index in [0.717, 1.165) is 16.5 Å². The van der Waals surface area contributed by atoms with Crippen molar-refractivity contribution in [2.75, 3.05) is 52.4 Å². The Hall–Kier alpha value is -8.74. The molecule has 1 aliphatic heterocycles. The van der Waals surface area contributed by atoms with Gasteiger partial charge in [0.25, 0.3) is 0 Å². The minimum Gasteiger partial charge on any atom is -0.480 e. The predicted octanol–water partition coefficient (Wildman–Crippen LogP) is -2.26. The van der Waals surface area contributed by atoms with Crippen LogP contribution in [0.5, 0.6) is 0 Å². The van der Waals surface area contributed by atoms with Crippen molar-refractivity contribution in [3.63, 3.8) is 0 Å². The first-order valence-corrected chi connectivity index (χ1v) is 31.5. The zero-order chi connectivity index (χ0) is 67.9. The molecule has 508 valence electrons. The average Bonchev–Trinajstić information content (AvgIpc) is 1.63. The van der Waals surface area contributed by atoms with Crippen LogP contribution in [-0.4, -0.2) is 187 Å². The van der Waals surface area contributed by atoms with Crippen molar-refractivity contribution in [1.29, 1.82) is 0 Å². The molecule has 0 radical (unpaired) electrons. The van der Waals surface area contributed by atoms with E-state index in [1.165, 1.54) is 11.8 Å². The second kappa shape index (κ2) is 39.5. The van der Waals surface area contributed by atoms with Gasteiger partial charge in [0, 0.05) is 42.8 Å². The molecule has 0 aliphatic carbocycles. The second-order valence-electron chi connectivity index (χ2n) is 23.8. The monoisotopic (exact) mass is 1290 g/mol. The lowest BCUT2D eigenvalue weighted by Gasteiger charge is -2.31. The molecule has 9 atom stereocenters. The number of guanidine groups is 1. The number of nitrogens with two attached hydrogens (primary N) is 5. The van der Waals surface area contributed by atoms with Gasteiger partial charge in [-0.2, -0.15) is 0 Å². The zero-order valence-corrected chi connectivity index (χ0v) is 53.5. The summed E-state index contributed by atoms with van der Waals surface area (Å²) in [4.78, 5) is 157. The molecule has 1 aromatic heterocycles. The number of hydrogen-bond donors (Lipinski definition) is 17. The first-order valence-electron chi connectivity index (χ1n) is 31.5. The summed E-state index contributed by atoms with van der Waals surface area (Å²) in [6.07, 6.45) is 6.45. The highest BCUT2D eigenvalue weighted by atomic mass is 16.4. The van der Waals surface area contributed by atoms with Crippen LogP contribution in [-0.2, 0) is 59.2 Å². The molecule has 1 saturated heterocycles. The first kappa shape index (κ1) is 75.7. The lowest BCUT2D eigenvalue weighted by atomic mass is 9.99. The number of para-hydroxylation sites is 1. The molecule has 1 aliphatic rings. The fourth-order valence-corrected chi connectivity index (χ4v) is 10.4. The van der Waals surface area contributed by atoms with Crippen molar-refractivity contribution in [2.24, 2.45) is 45.5 Å². The number of H-pyrrole nitrogens is 1. The number of unbranched alkanes of at least 4 members (excludes halogenated alkanes) is 2. The number of likely N-dealkylation sites (tertiary alicyclic amines) is 1. The molecule has 0 spiro atoms. The SMILES string of the molecule is CC(C)CC(NC(=O)C(C)NC(=O)C1CCCN1C(=O)C(Cc1c[nH]c2ccccc12)NCC(CCCCN)NC(=O)CNC(=O)CNC(=O)CNC(=O)C(N)CCCCN)C(=O)NC(C(=O)NC(C(=O)NC(CCCN=C(N)N)C(=O)O)C(C)C)c1ccccc1. The van der Waals surface area contributed by atoms with Gasteiger partial charge in [0.05, 0.1) is 31.7 Å². The third kappa shape index (κ3) is 25.9. The van der Waals surface area contributed by atoms with Crippen molar-refractivity contribution in [3.8, 4) is 0 Å². The minimum atomic E-state index is -1.40. The molecular weight excluding hydrogens is 1190 g/mol. The zero-order valence-electron chi connectivity index (χ0n) is 53.5. The lowest BCUT2D eigenvalue weighted by molar-refractivity contribution is -0.143. The highest BCUT2D eigenvalue weighted by Gasteiger charge is 2.40. The van der Waals surface area contributed by atoms with E-state index in [2.05, 4.69) is 63.1 Å². The summed E-state index contributed by atoms with van der Waals surface area (Å²) in [7, 11) is 0. The summed E-state index contributed by atoms with van der Waals surface area (Å²) in [6, 6.07) is 5.99. The fraction of sp³-hybridized carbons (Fsp3) is 0.581. The summed E-state index contributed by atoms with van der Waals surface area (Å²) in [5.41, 5.74) is 29.9. The Morgan fingerprint density at radius 3 is 1.92 bits per heavy atom. The van der Waals surface area contributed by atoms with E-state index in [1.54, 1.807) is 50.4 Å². The van der Waals surface area contributed by atoms with E-state index in [1.807, 2.05) is 38.1 Å². The van der Waals surface area contributed by atoms with Gasteiger partial charge >= 0.3 is 5.97 Å². The number of hydrogen-bond acceptors (Lipinski definition) is 16. The van der Waals surface area contributed by atoms with Crippen LogP contribution in [0.1, 0.15) is 122 Å². The maximum atomic E-state index is 15.0. The van der Waals surface area contributed by atoms with Gasteiger partial charge in [-0.05, 0) is 113 Å². The molecule has 30 heteroatoms. The van der Waals surface area contributed by atoms with Crippen LogP contribution in [0.25, 0.3) is 10.9 Å². The quantitative estimate of drug-likeness (QED) is 0.0162. The van der Waals surface area contributed by atoms with Gasteiger partial charge in [0.2, 0.25) is 59.1 Å². The third-order valence-corrected chi connectivity index (χ3v) is 15.4. The van der Waals surface area contributed by atoms with Gasteiger partial charge in [-0.25, -0.2) is 4.79 Å². The number of benzene rings is 2. The standard InChI is InChI=1S/C62H98N18O12/c1-36(2)29-46(56(86)79-53(39-17-7-6-8-18-39)59(89)78-52(37(3)4)58(88)76-45(61(91)92)23-15-27-68-62(66)67)77-54(84)38(5)74-57(87)48-24-16-28-80(48)60(90)47(30-40-31-69-44-22-10-9-20-42(40)44)70-32-41(19-11-13-25-63)75-51(83)35-72-49(81)33-71-50(82)34-73-55(85)43(65)21-12-14-26-64/h6-10,17-18,20,22,31,36-38,41,43,45-48,52-53,69-70H,11-16,19,21,23-30,32-35,63-65H2,1-5H3,(H,71,82)(H,72,81)(H,73,85)(H,74,87)(H,75,83)(H,76,88)(H,77,84)(H,78,89)(H,79,86)(H,91,92)(H4,66,67,68). The second-order valence-corrected chi connectivity index (χ2v) is 23.8. The molecule has 92 heavy (non-hydrogen) atoms. The van der Waals surface area contributed by atoms with E-state index in [0.29, 0.717) is 63.6 Å². The summed E-state index contributed by atoms with van der Waals surface area (Å²) < 4.78 is 0. The number of carbonyl (C=O) groups excluding carboxylic acids is 10. The number of aliphatic carboxylic acids is 1. The Labute approximate surface area is 536 Å². The number of carboxylic acid groups (broad SMARTS) is 1. The van der Waals surface area contributed by atoms with E-state index in [4.69, 9.17) is 28.7 Å². The maximum Gasteiger partial charge on any atom is 0.326 e. The van der Waals surface area contributed by atoms with E-state index >= 15 is 0 Å². The topological polar surface area (TPSA) is 490 Å². The van der Waals surface area contributed by atoms with Crippen LogP contribution >= 0.6 is 0 Å². The van der Waals surface area contributed by atoms with Gasteiger partial charge in [-0.3, -0.25) is 52.9 Å². The van der Waals surface area contributed by atoms with Gasteiger partial charge in [0.1, 0.15) is 36.3 Å². The average molecular weight is 1290 g/mol. The minimum absolute atomic E-state index is 0.0144. The Balaban J connectivity index is 1.45. The van der Waals surface area contributed by atoms with Crippen LogP contribution in [0.2, 0.25) is 0 Å². The fourth-order valence-electron chi connectivity index (χ4n) is 10.4. The highest BCUT2D eigenvalue weighted by molar-refractivity contribution is 5.98. The van der Waals surface area contributed by atoms with Crippen LogP contribution in [0, 0.1) is 11.8 Å². The molecule has 1 fully saturated rings. The molecule has 9 unspecified atom stereocenters. The predicted molar refractivity (Wildman–Crippen MR) is 346 cm³/mol. The van der Waals surface area contributed by atoms with Crippen molar-refractivity contribution in [1.82, 2.24) is 63.1 Å². The van der Waals surface area contributed by atoms with Crippen LogP contribution < -0.4 is 81.8 Å². The smallest absolute Gasteiger partial charge is 0.326 e. The van der Waals surface area contributed by atoms with Gasteiger partial charge in [-0.1, -0.05) is 89.1 Å². The summed E-state index contributed by atoms with van der Waals surface area (Å²) in [6.45, 7) is 8.36. The number of rotatable bonds is 41. The molecule has 0 bridgehead atoms.